The largest absolute Gasteiger partial charge is 0.477 e. The summed E-state index contributed by atoms with van der Waals surface area (Å²) in [6.07, 6.45) is 1.90. The molecule has 1 aromatic heterocycles. The Kier molecular flexibility index (Phi) is 6.19. The molecule has 0 spiro atoms. The van der Waals surface area contributed by atoms with E-state index in [1.165, 1.54) is 12.1 Å². The summed E-state index contributed by atoms with van der Waals surface area (Å²) in [5.41, 5.74) is 6.17. The van der Waals surface area contributed by atoms with Crippen LogP contribution in [0.25, 0.3) is 11.3 Å². The highest BCUT2D eigenvalue weighted by molar-refractivity contribution is 9.10. The lowest BCUT2D eigenvalue weighted by Gasteiger charge is -2.28. The number of benzene rings is 1. The second kappa shape index (κ2) is 8.61. The summed E-state index contributed by atoms with van der Waals surface area (Å²) >= 11 is 3.53. The standard InChI is InChI=1S/C19H20BrFN4O3/c1-2-27-18-16(20)17(11-3-4-12(10-22)15(21)9-11)24-25(18)13-5-7-14(8-6-13)28-19(23)26/h3-4,9,13-14H,2,5-8H2,1H3,(H2,23,26). The Hall–Kier alpha value is -2.60. The first-order valence-corrected chi connectivity index (χ1v) is 9.80. The zero-order valence-corrected chi connectivity index (χ0v) is 16.9. The van der Waals surface area contributed by atoms with Crippen LogP contribution >= 0.6 is 15.9 Å². The molecule has 1 heterocycles. The van der Waals surface area contributed by atoms with Crippen LogP contribution in [0.15, 0.2) is 22.7 Å². The van der Waals surface area contributed by atoms with Crippen molar-refractivity contribution in [1.82, 2.24) is 9.78 Å². The van der Waals surface area contributed by atoms with Gasteiger partial charge in [-0.2, -0.15) is 10.4 Å². The molecule has 0 unspecified atom stereocenters. The fraction of sp³-hybridized carbons (Fsp3) is 0.421. The zero-order chi connectivity index (χ0) is 20.3. The summed E-state index contributed by atoms with van der Waals surface area (Å²) in [7, 11) is 0. The van der Waals surface area contributed by atoms with E-state index < -0.39 is 11.9 Å². The molecule has 0 aliphatic heterocycles. The number of ether oxygens (including phenoxy) is 2. The Bertz CT molecular complexity index is 917. The fourth-order valence-electron chi connectivity index (χ4n) is 3.42. The molecular weight excluding hydrogens is 431 g/mol. The number of nitrogens with zero attached hydrogens (tertiary/aromatic N) is 3. The van der Waals surface area contributed by atoms with Gasteiger partial charge in [0.2, 0.25) is 5.88 Å². The number of primary amides is 1. The molecule has 7 nitrogen and oxygen atoms in total. The molecule has 2 N–H and O–H groups in total. The van der Waals surface area contributed by atoms with Crippen LogP contribution in [0.3, 0.4) is 0 Å². The number of hydrogen-bond acceptors (Lipinski definition) is 5. The van der Waals surface area contributed by atoms with E-state index in [9.17, 15) is 9.18 Å². The van der Waals surface area contributed by atoms with Crippen LogP contribution < -0.4 is 10.5 Å². The molecule has 1 amide bonds. The van der Waals surface area contributed by atoms with Gasteiger partial charge in [0.15, 0.2) is 0 Å². The molecule has 9 heteroatoms. The molecule has 1 fully saturated rings. The highest BCUT2D eigenvalue weighted by Gasteiger charge is 2.29. The highest BCUT2D eigenvalue weighted by atomic mass is 79.9. The maximum absolute atomic E-state index is 14.1. The van der Waals surface area contributed by atoms with E-state index in [-0.39, 0.29) is 17.7 Å². The molecule has 1 aromatic carbocycles. The molecule has 0 radical (unpaired) electrons. The van der Waals surface area contributed by atoms with E-state index >= 15 is 0 Å². The quantitative estimate of drug-likeness (QED) is 0.730. The van der Waals surface area contributed by atoms with Gasteiger partial charge in [-0.25, -0.2) is 13.9 Å². The number of carbonyl (C=O) groups excluding carboxylic acids is 1. The molecule has 0 saturated heterocycles. The third-order valence-corrected chi connectivity index (χ3v) is 5.44. The first kappa shape index (κ1) is 20.1. The number of hydrogen-bond donors (Lipinski definition) is 1. The summed E-state index contributed by atoms with van der Waals surface area (Å²) in [6.45, 7) is 2.33. The van der Waals surface area contributed by atoms with Crippen LogP contribution in [0.5, 0.6) is 5.88 Å². The lowest BCUT2D eigenvalue weighted by molar-refractivity contribution is 0.0694. The van der Waals surface area contributed by atoms with Gasteiger partial charge in [0, 0.05) is 5.56 Å². The van der Waals surface area contributed by atoms with Crippen molar-refractivity contribution in [3.8, 4) is 23.2 Å². The van der Waals surface area contributed by atoms with Crippen molar-refractivity contribution < 1.29 is 18.7 Å². The molecule has 1 aliphatic rings. The van der Waals surface area contributed by atoms with Crippen molar-refractivity contribution in [3.05, 3.63) is 34.1 Å². The second-order valence-electron chi connectivity index (χ2n) is 6.52. The van der Waals surface area contributed by atoms with Crippen molar-refractivity contribution in [1.29, 1.82) is 5.26 Å². The Morgan fingerprint density at radius 3 is 2.71 bits per heavy atom. The number of nitriles is 1. The van der Waals surface area contributed by atoms with Gasteiger partial charge in [0.1, 0.15) is 28.2 Å². The molecule has 2 aromatic rings. The van der Waals surface area contributed by atoms with E-state index in [4.69, 9.17) is 20.5 Å². The number of amides is 1. The molecule has 28 heavy (non-hydrogen) atoms. The minimum absolute atomic E-state index is 0.0166. The number of rotatable bonds is 5. The van der Waals surface area contributed by atoms with E-state index in [0.717, 1.165) is 12.8 Å². The fourth-order valence-corrected chi connectivity index (χ4v) is 4.03. The average Bonchev–Trinajstić information content (AvgIpc) is 2.99. The average molecular weight is 451 g/mol. The Morgan fingerprint density at radius 2 is 2.14 bits per heavy atom. The van der Waals surface area contributed by atoms with Crippen LogP contribution in [-0.2, 0) is 4.74 Å². The van der Waals surface area contributed by atoms with E-state index in [0.29, 0.717) is 41.1 Å². The van der Waals surface area contributed by atoms with Gasteiger partial charge in [0.25, 0.3) is 0 Å². The zero-order valence-electron chi connectivity index (χ0n) is 15.3. The van der Waals surface area contributed by atoms with Crippen LogP contribution in [0.4, 0.5) is 9.18 Å². The minimum Gasteiger partial charge on any atom is -0.477 e. The summed E-state index contributed by atoms with van der Waals surface area (Å²) in [6, 6.07) is 6.26. The van der Waals surface area contributed by atoms with Crippen molar-refractivity contribution in [2.24, 2.45) is 5.73 Å². The number of aromatic nitrogens is 2. The smallest absolute Gasteiger partial charge is 0.404 e. The van der Waals surface area contributed by atoms with E-state index in [1.54, 1.807) is 10.7 Å². The lowest BCUT2D eigenvalue weighted by atomic mass is 9.93. The van der Waals surface area contributed by atoms with Gasteiger partial charge in [-0.15, -0.1) is 0 Å². The molecule has 148 valence electrons. The van der Waals surface area contributed by atoms with Gasteiger partial charge in [-0.3, -0.25) is 0 Å². The molecule has 1 saturated carbocycles. The van der Waals surface area contributed by atoms with Gasteiger partial charge in [-0.1, -0.05) is 6.07 Å². The predicted octanol–water partition coefficient (Wildman–Crippen LogP) is 4.30. The molecule has 1 aliphatic carbocycles. The van der Waals surface area contributed by atoms with Crippen molar-refractivity contribution >= 4 is 22.0 Å². The van der Waals surface area contributed by atoms with Gasteiger partial charge in [0.05, 0.1) is 18.2 Å². The molecule has 3 rings (SSSR count). The maximum atomic E-state index is 14.1. The molecule has 0 atom stereocenters. The normalized spacial score (nSPS) is 19.1. The van der Waals surface area contributed by atoms with Crippen LogP contribution in [0.1, 0.15) is 44.2 Å². The highest BCUT2D eigenvalue weighted by Crippen LogP contribution is 2.41. The van der Waals surface area contributed by atoms with Gasteiger partial charge >= 0.3 is 6.09 Å². The lowest BCUT2D eigenvalue weighted by Crippen LogP contribution is -2.28. The summed E-state index contributed by atoms with van der Waals surface area (Å²) in [5.74, 6) is -0.0231. The number of carbonyl (C=O) groups is 1. The third kappa shape index (κ3) is 4.12. The first-order chi connectivity index (χ1) is 13.4. The van der Waals surface area contributed by atoms with Gasteiger partial charge < -0.3 is 15.2 Å². The Balaban J connectivity index is 1.90. The minimum atomic E-state index is -0.759. The van der Waals surface area contributed by atoms with Crippen molar-refractivity contribution in [2.75, 3.05) is 6.61 Å². The van der Waals surface area contributed by atoms with Gasteiger partial charge in [-0.05, 0) is 60.7 Å². The SMILES string of the molecule is CCOc1c(Br)c(-c2ccc(C#N)c(F)c2)nn1C1CCC(OC(N)=O)CC1. The van der Waals surface area contributed by atoms with E-state index in [1.807, 2.05) is 13.0 Å². The monoisotopic (exact) mass is 450 g/mol. The number of nitrogens with two attached hydrogens (primary N) is 1. The van der Waals surface area contributed by atoms with Crippen molar-refractivity contribution in [2.45, 2.75) is 44.8 Å². The predicted molar refractivity (Wildman–Crippen MR) is 103 cm³/mol. The first-order valence-electron chi connectivity index (χ1n) is 9.01. The van der Waals surface area contributed by atoms with Crippen LogP contribution in [-0.4, -0.2) is 28.6 Å². The molecular formula is C19H20BrFN4O3. The van der Waals surface area contributed by atoms with Crippen LogP contribution in [0.2, 0.25) is 0 Å². The number of halogens is 2. The summed E-state index contributed by atoms with van der Waals surface area (Å²) in [4.78, 5) is 10.9. The Labute approximate surface area is 170 Å². The van der Waals surface area contributed by atoms with Crippen LogP contribution in [0, 0.1) is 17.1 Å². The van der Waals surface area contributed by atoms with E-state index in [2.05, 4.69) is 21.0 Å². The third-order valence-electron chi connectivity index (χ3n) is 4.73. The maximum Gasteiger partial charge on any atom is 0.404 e. The second-order valence-corrected chi connectivity index (χ2v) is 7.31. The van der Waals surface area contributed by atoms with Crippen molar-refractivity contribution in [3.63, 3.8) is 0 Å². The summed E-state index contributed by atoms with van der Waals surface area (Å²) in [5, 5.41) is 13.6. The molecule has 0 bridgehead atoms. The Morgan fingerprint density at radius 1 is 1.43 bits per heavy atom. The summed E-state index contributed by atoms with van der Waals surface area (Å²) < 4.78 is 27.4. The topological polar surface area (TPSA) is 103 Å².